The van der Waals surface area contributed by atoms with Crippen molar-refractivity contribution in [2.45, 2.75) is 0 Å². The molecule has 0 atom stereocenters. The number of hydrogen-bond acceptors (Lipinski definition) is 2. The van der Waals surface area contributed by atoms with Gasteiger partial charge in [-0.2, -0.15) is 0 Å². The number of rotatable bonds is 0. The maximum atomic E-state index is 10.4. The Bertz CT molecular complexity index is 126. The summed E-state index contributed by atoms with van der Waals surface area (Å²) in [5.41, 5.74) is 0. The lowest BCUT2D eigenvalue weighted by molar-refractivity contribution is 0.320. The van der Waals surface area contributed by atoms with E-state index in [1.54, 1.807) is 0 Å². The van der Waals surface area contributed by atoms with Crippen LogP contribution in [0.25, 0.3) is 0 Å². The Morgan fingerprint density at radius 1 is 0.800 bits per heavy atom. The van der Waals surface area contributed by atoms with Crippen LogP contribution in [-0.4, -0.2) is 19.6 Å². The average Bonchev–Trinajstić information content (AvgIpc) is 1.12. The van der Waals surface area contributed by atoms with Crippen LogP contribution < -0.4 is 0 Å². The Hall–Kier alpha value is 0.160. The second-order valence-corrected chi connectivity index (χ2v) is 2.84. The van der Waals surface area contributed by atoms with Gasteiger partial charge in [-0.15, -0.1) is 8.39 Å². The van der Waals surface area contributed by atoms with Crippen LogP contribution in [0.15, 0.2) is 0 Å². The van der Waals surface area contributed by atoms with Crippen LogP contribution >= 0.6 is 15.8 Å². The smallest absolute Gasteiger partial charge is 0.299 e. The summed E-state index contributed by atoms with van der Waals surface area (Å²) in [7, 11) is -10.3. The van der Waals surface area contributed by atoms with E-state index >= 15 is 0 Å². The van der Waals surface area contributed by atoms with Gasteiger partial charge in [0.1, 0.15) is 0 Å². The maximum Gasteiger partial charge on any atom is 0.507 e. The SMILES string of the molecule is O=P(O)(O)F.O=P(O)(O)F. The first-order valence-electron chi connectivity index (χ1n) is 1.50. The Labute approximate surface area is 54.1 Å². The van der Waals surface area contributed by atoms with Crippen molar-refractivity contribution in [2.24, 2.45) is 0 Å². The van der Waals surface area contributed by atoms with E-state index in [0.717, 1.165) is 0 Å². The van der Waals surface area contributed by atoms with Crippen LogP contribution in [0.4, 0.5) is 8.39 Å². The van der Waals surface area contributed by atoms with Crippen LogP contribution in [0, 0.1) is 0 Å². The molecule has 0 aromatic carbocycles. The number of hydrogen-bond donors (Lipinski definition) is 4. The molecule has 0 heterocycles. The molecule has 0 saturated carbocycles. The van der Waals surface area contributed by atoms with Crippen molar-refractivity contribution in [2.75, 3.05) is 0 Å². The van der Waals surface area contributed by atoms with E-state index in [1.165, 1.54) is 0 Å². The fourth-order valence-electron chi connectivity index (χ4n) is 0. The molecule has 6 nitrogen and oxygen atoms in total. The summed E-state index contributed by atoms with van der Waals surface area (Å²) in [6, 6.07) is 0. The fourth-order valence-corrected chi connectivity index (χ4v) is 0. The van der Waals surface area contributed by atoms with Crippen LogP contribution in [0.1, 0.15) is 0 Å². The normalized spacial score (nSPS) is 11.8. The molecule has 0 radical (unpaired) electrons. The molecule has 4 N–H and O–H groups in total. The average molecular weight is 200 g/mol. The van der Waals surface area contributed by atoms with Crippen LogP contribution in [-0.2, 0) is 9.13 Å². The second-order valence-electron chi connectivity index (χ2n) is 0.946. The van der Waals surface area contributed by atoms with Gasteiger partial charge in [0.2, 0.25) is 0 Å². The third-order valence-electron chi connectivity index (χ3n) is 0. The van der Waals surface area contributed by atoms with Crippen LogP contribution in [0.3, 0.4) is 0 Å². The summed E-state index contributed by atoms with van der Waals surface area (Å²) < 4.78 is 38.0. The lowest BCUT2D eigenvalue weighted by atomic mass is 15.8. The number of halogens is 2. The third kappa shape index (κ3) is 16300. The molecule has 0 aliphatic heterocycles. The lowest BCUT2D eigenvalue weighted by Gasteiger charge is -1.78. The van der Waals surface area contributed by atoms with Gasteiger partial charge in [-0.25, -0.2) is 9.13 Å². The molecule has 0 bridgehead atoms. The molecule has 0 fully saturated rings. The predicted molar refractivity (Wildman–Crippen MR) is 26.3 cm³/mol. The van der Waals surface area contributed by atoms with Crippen molar-refractivity contribution in [3.8, 4) is 0 Å². The first-order valence-corrected chi connectivity index (χ1v) is 4.51. The van der Waals surface area contributed by atoms with E-state index in [4.69, 9.17) is 28.7 Å². The van der Waals surface area contributed by atoms with E-state index in [1.807, 2.05) is 0 Å². The van der Waals surface area contributed by atoms with E-state index in [0.29, 0.717) is 0 Å². The summed E-state index contributed by atoms with van der Waals surface area (Å²) in [6.45, 7) is 0. The van der Waals surface area contributed by atoms with E-state index < -0.39 is 15.8 Å². The highest BCUT2D eigenvalue weighted by molar-refractivity contribution is 7.46. The van der Waals surface area contributed by atoms with Crippen molar-refractivity contribution in [1.29, 1.82) is 0 Å². The second kappa shape index (κ2) is 4.12. The van der Waals surface area contributed by atoms with Crippen molar-refractivity contribution in [3.05, 3.63) is 0 Å². The topological polar surface area (TPSA) is 115 Å². The fraction of sp³-hybridized carbons (Fsp3) is 0. The summed E-state index contributed by atoms with van der Waals surface area (Å²) in [4.78, 5) is 27.9. The minimum atomic E-state index is -5.14. The Morgan fingerprint density at radius 3 is 0.800 bits per heavy atom. The van der Waals surface area contributed by atoms with E-state index in [9.17, 15) is 8.39 Å². The van der Waals surface area contributed by atoms with Gasteiger partial charge in [0.25, 0.3) is 0 Å². The van der Waals surface area contributed by atoms with Crippen molar-refractivity contribution in [1.82, 2.24) is 0 Å². The van der Waals surface area contributed by atoms with Gasteiger partial charge in [0.05, 0.1) is 0 Å². The summed E-state index contributed by atoms with van der Waals surface area (Å²) in [5, 5.41) is 0. The molecule has 0 aromatic rings. The zero-order valence-corrected chi connectivity index (χ0v) is 6.04. The minimum absolute atomic E-state index is 5.14. The van der Waals surface area contributed by atoms with Crippen LogP contribution in [0.5, 0.6) is 0 Å². The Balaban J connectivity index is 0. The standard InChI is InChI=1S/2FH2O3P/c2*1-5(2,3)4/h2*(H2,2,3,4). The molecule has 0 spiro atoms. The maximum absolute atomic E-state index is 10.4. The van der Waals surface area contributed by atoms with Gasteiger partial charge in [0.15, 0.2) is 0 Å². The minimum Gasteiger partial charge on any atom is -0.299 e. The summed E-state index contributed by atoms with van der Waals surface area (Å²) in [5.74, 6) is 0. The molecule has 10 heavy (non-hydrogen) atoms. The van der Waals surface area contributed by atoms with E-state index in [2.05, 4.69) is 0 Å². The van der Waals surface area contributed by atoms with E-state index in [-0.39, 0.29) is 0 Å². The van der Waals surface area contributed by atoms with Crippen molar-refractivity contribution < 1.29 is 37.1 Å². The van der Waals surface area contributed by atoms with Gasteiger partial charge in [0, 0.05) is 0 Å². The Kier molecular flexibility index (Phi) is 5.28. The molecule has 0 aliphatic carbocycles. The molecule has 0 aromatic heterocycles. The monoisotopic (exact) mass is 200 g/mol. The van der Waals surface area contributed by atoms with Gasteiger partial charge >= 0.3 is 15.8 Å². The highest BCUT2D eigenvalue weighted by Crippen LogP contribution is 2.35. The largest absolute Gasteiger partial charge is 0.507 e. The molecular formula is H4F2O6P2. The molecule has 0 amide bonds. The van der Waals surface area contributed by atoms with Gasteiger partial charge in [-0.1, -0.05) is 0 Å². The summed E-state index contributed by atoms with van der Waals surface area (Å²) >= 11 is 0. The molecule has 0 aliphatic rings. The zero-order valence-electron chi connectivity index (χ0n) is 4.26. The Morgan fingerprint density at radius 2 is 0.800 bits per heavy atom. The van der Waals surface area contributed by atoms with Crippen molar-refractivity contribution in [3.63, 3.8) is 0 Å². The zero-order chi connectivity index (χ0) is 9.00. The molecule has 0 unspecified atom stereocenters. The highest BCUT2D eigenvalue weighted by atomic mass is 31.2. The molecule has 0 rings (SSSR count). The van der Waals surface area contributed by atoms with Crippen LogP contribution in [0.2, 0.25) is 0 Å². The first kappa shape index (κ1) is 12.8. The lowest BCUT2D eigenvalue weighted by Crippen LogP contribution is -1.56. The third-order valence-corrected chi connectivity index (χ3v) is 0. The van der Waals surface area contributed by atoms with Gasteiger partial charge in [-0.3, -0.25) is 19.6 Å². The van der Waals surface area contributed by atoms with Gasteiger partial charge in [-0.05, 0) is 0 Å². The summed E-state index contributed by atoms with van der Waals surface area (Å²) in [6.07, 6.45) is 0. The van der Waals surface area contributed by atoms with Crippen molar-refractivity contribution >= 4 is 15.8 Å². The van der Waals surface area contributed by atoms with Gasteiger partial charge < -0.3 is 0 Å². The molecule has 10 heteroatoms. The highest BCUT2D eigenvalue weighted by Gasteiger charge is 2.05. The quantitative estimate of drug-likeness (QED) is 0.412. The molecule has 0 saturated heterocycles. The first-order chi connectivity index (χ1) is 4.00. The molecule has 64 valence electrons. The predicted octanol–water partition coefficient (Wildman–Crippen LogP) is 0.0972. The molecular weight excluding hydrogens is 196 g/mol.